The largest absolute Gasteiger partial charge is 0.476 e. The summed E-state index contributed by atoms with van der Waals surface area (Å²) in [7, 11) is 0. The molecule has 1 aliphatic carbocycles. The third-order valence-corrected chi connectivity index (χ3v) is 7.30. The maximum absolute atomic E-state index is 12.3. The summed E-state index contributed by atoms with van der Waals surface area (Å²) in [5.74, 6) is 0.405. The number of amides is 1. The summed E-state index contributed by atoms with van der Waals surface area (Å²) in [6, 6.07) is 0. The van der Waals surface area contributed by atoms with Crippen molar-refractivity contribution < 1.29 is 24.2 Å². The molecule has 0 aliphatic heterocycles. The van der Waals surface area contributed by atoms with Gasteiger partial charge in [-0.05, 0) is 65.2 Å². The Balaban J connectivity index is 1.56. The van der Waals surface area contributed by atoms with Crippen molar-refractivity contribution in [2.45, 2.75) is 116 Å². The van der Waals surface area contributed by atoms with Gasteiger partial charge in [-0.25, -0.2) is 14.6 Å². The normalized spacial score (nSPS) is 19.1. The van der Waals surface area contributed by atoms with E-state index in [-0.39, 0.29) is 11.8 Å². The number of hydrogen-bond acceptors (Lipinski definition) is 6. The van der Waals surface area contributed by atoms with E-state index >= 15 is 0 Å². The van der Waals surface area contributed by atoms with E-state index in [4.69, 9.17) is 9.84 Å². The molecule has 1 aromatic heterocycles. The van der Waals surface area contributed by atoms with Gasteiger partial charge in [0.25, 0.3) is 0 Å². The van der Waals surface area contributed by atoms with Gasteiger partial charge in [0.2, 0.25) is 0 Å². The van der Waals surface area contributed by atoms with Crippen LogP contribution in [0.25, 0.3) is 0 Å². The molecule has 1 saturated carbocycles. The van der Waals surface area contributed by atoms with Crippen molar-refractivity contribution >= 4 is 29.2 Å². The minimum absolute atomic E-state index is 0.163. The Bertz CT molecular complexity index is 786. The second kappa shape index (κ2) is 14.4. The SMILES string of the molecule is CC(C)(C)OC(=O)NCCCCCC(=O)CCCC1CCCCC(c2nc(C(=O)O)cs2)CC1. The molecule has 1 aromatic rings. The molecule has 2 atom stereocenters. The average Bonchev–Trinajstić information content (AvgIpc) is 3.21. The predicted molar refractivity (Wildman–Crippen MR) is 135 cm³/mol. The minimum Gasteiger partial charge on any atom is -0.476 e. The number of hydrogen-bond donors (Lipinski definition) is 2. The number of thiazole rings is 1. The van der Waals surface area contributed by atoms with Gasteiger partial charge < -0.3 is 15.2 Å². The molecule has 1 heterocycles. The molecule has 34 heavy (non-hydrogen) atoms. The van der Waals surface area contributed by atoms with Crippen LogP contribution in [0.1, 0.15) is 126 Å². The van der Waals surface area contributed by atoms with E-state index in [1.54, 1.807) is 5.38 Å². The van der Waals surface area contributed by atoms with Crippen molar-refractivity contribution in [1.82, 2.24) is 10.3 Å². The number of aromatic nitrogens is 1. The summed E-state index contributed by atoms with van der Waals surface area (Å²) in [5, 5.41) is 14.5. The fourth-order valence-electron chi connectivity index (χ4n) is 4.50. The number of carbonyl (C=O) groups excluding carboxylic acids is 2. The molecular formula is C26H42N2O5S. The van der Waals surface area contributed by atoms with Gasteiger partial charge in [0, 0.05) is 30.7 Å². The summed E-state index contributed by atoms with van der Waals surface area (Å²) in [4.78, 5) is 39.3. The molecule has 2 rings (SSSR count). The lowest BCUT2D eigenvalue weighted by molar-refractivity contribution is -0.119. The van der Waals surface area contributed by atoms with E-state index in [1.807, 2.05) is 20.8 Å². The predicted octanol–water partition coefficient (Wildman–Crippen LogP) is 6.72. The van der Waals surface area contributed by atoms with Gasteiger partial charge in [0.1, 0.15) is 11.4 Å². The summed E-state index contributed by atoms with van der Waals surface area (Å²) in [6.07, 6.45) is 12.4. The first kappa shape index (κ1) is 28.3. The Hall–Kier alpha value is -1.96. The average molecular weight is 495 g/mol. The molecule has 192 valence electrons. The van der Waals surface area contributed by atoms with Crippen LogP contribution in [0.15, 0.2) is 5.38 Å². The van der Waals surface area contributed by atoms with Crippen LogP contribution in [0, 0.1) is 5.92 Å². The van der Waals surface area contributed by atoms with Crippen molar-refractivity contribution in [3.8, 4) is 0 Å². The first-order chi connectivity index (χ1) is 16.1. The number of Topliss-reactive ketones (excluding diaryl/α,β-unsaturated/α-hetero) is 1. The van der Waals surface area contributed by atoms with Gasteiger partial charge in [0.05, 0.1) is 5.01 Å². The van der Waals surface area contributed by atoms with Crippen molar-refractivity contribution in [2.24, 2.45) is 5.92 Å². The van der Waals surface area contributed by atoms with Crippen molar-refractivity contribution in [1.29, 1.82) is 0 Å². The van der Waals surface area contributed by atoms with E-state index in [2.05, 4.69) is 10.3 Å². The Kier molecular flexibility index (Phi) is 12.0. The molecule has 2 N–H and O–H groups in total. The quantitative estimate of drug-likeness (QED) is 0.312. The number of nitrogens with one attached hydrogen (secondary N) is 1. The maximum Gasteiger partial charge on any atom is 0.407 e. The van der Waals surface area contributed by atoms with Crippen molar-refractivity contribution in [2.75, 3.05) is 6.54 Å². The molecule has 1 fully saturated rings. The van der Waals surface area contributed by atoms with Crippen LogP contribution < -0.4 is 5.32 Å². The number of carboxylic acid groups (broad SMARTS) is 1. The number of aromatic carboxylic acids is 1. The molecule has 2 unspecified atom stereocenters. The third-order valence-electron chi connectivity index (χ3n) is 6.30. The highest BCUT2D eigenvalue weighted by Crippen LogP contribution is 2.36. The monoisotopic (exact) mass is 494 g/mol. The highest BCUT2D eigenvalue weighted by molar-refractivity contribution is 7.09. The van der Waals surface area contributed by atoms with Gasteiger partial charge in [0.15, 0.2) is 5.69 Å². The molecule has 7 nitrogen and oxygen atoms in total. The van der Waals surface area contributed by atoms with E-state index in [1.165, 1.54) is 24.2 Å². The second-order valence-corrected chi connectivity index (χ2v) is 11.4. The standard InChI is InChI=1S/C26H42N2O5S/c1-26(2,3)33-25(32)27-17-8-4-5-13-21(29)14-9-11-19-10-6-7-12-20(16-15-19)23-28-22(18-34-23)24(30)31/h18-20H,4-17H2,1-3H3,(H,27,32)(H,30,31). The molecule has 0 saturated heterocycles. The number of nitrogens with zero attached hydrogens (tertiary/aromatic N) is 1. The zero-order valence-corrected chi connectivity index (χ0v) is 21.9. The fraction of sp³-hybridized carbons (Fsp3) is 0.769. The smallest absolute Gasteiger partial charge is 0.407 e. The van der Waals surface area contributed by atoms with Crippen molar-refractivity contribution in [3.05, 3.63) is 16.1 Å². The number of ether oxygens (including phenoxy) is 1. The number of rotatable bonds is 12. The molecule has 1 amide bonds. The maximum atomic E-state index is 12.3. The van der Waals surface area contributed by atoms with Crippen LogP contribution in [0.5, 0.6) is 0 Å². The highest BCUT2D eigenvalue weighted by atomic mass is 32.1. The van der Waals surface area contributed by atoms with Crippen LogP contribution in [0.4, 0.5) is 4.79 Å². The summed E-state index contributed by atoms with van der Waals surface area (Å²) in [6.45, 7) is 6.09. The van der Waals surface area contributed by atoms with E-state index < -0.39 is 11.6 Å². The highest BCUT2D eigenvalue weighted by Gasteiger charge is 2.22. The van der Waals surface area contributed by atoms with E-state index in [0.717, 1.165) is 62.8 Å². The number of carboxylic acids is 1. The van der Waals surface area contributed by atoms with Gasteiger partial charge in [-0.1, -0.05) is 32.1 Å². The second-order valence-electron chi connectivity index (χ2n) is 10.5. The molecule has 8 heteroatoms. The summed E-state index contributed by atoms with van der Waals surface area (Å²) < 4.78 is 5.20. The number of carbonyl (C=O) groups is 3. The van der Waals surface area contributed by atoms with Gasteiger partial charge in [-0.2, -0.15) is 0 Å². The molecule has 0 spiro atoms. The lowest BCUT2D eigenvalue weighted by Gasteiger charge is -2.24. The van der Waals surface area contributed by atoms with Gasteiger partial charge >= 0.3 is 12.1 Å². The molecule has 1 aliphatic rings. The van der Waals surface area contributed by atoms with E-state index in [9.17, 15) is 14.4 Å². The molecular weight excluding hydrogens is 452 g/mol. The number of unbranched alkanes of at least 4 members (excludes halogenated alkanes) is 2. The minimum atomic E-state index is -0.951. The first-order valence-corrected chi connectivity index (χ1v) is 13.7. The Morgan fingerprint density at radius 2 is 1.79 bits per heavy atom. The zero-order valence-electron chi connectivity index (χ0n) is 21.1. The molecule has 0 bridgehead atoms. The Labute approximate surface area is 208 Å². The zero-order chi connectivity index (χ0) is 25.0. The van der Waals surface area contributed by atoms with Crippen LogP contribution in [-0.2, 0) is 9.53 Å². The summed E-state index contributed by atoms with van der Waals surface area (Å²) >= 11 is 1.48. The van der Waals surface area contributed by atoms with Crippen molar-refractivity contribution in [3.63, 3.8) is 0 Å². The Morgan fingerprint density at radius 1 is 1.06 bits per heavy atom. The Morgan fingerprint density at radius 3 is 2.50 bits per heavy atom. The lowest BCUT2D eigenvalue weighted by atomic mass is 9.83. The van der Waals surface area contributed by atoms with Crippen LogP contribution in [0.3, 0.4) is 0 Å². The van der Waals surface area contributed by atoms with Gasteiger partial charge in [-0.15, -0.1) is 11.3 Å². The lowest BCUT2D eigenvalue weighted by Crippen LogP contribution is -2.32. The topological polar surface area (TPSA) is 106 Å². The van der Waals surface area contributed by atoms with Crippen LogP contribution in [-0.4, -0.2) is 40.1 Å². The first-order valence-electron chi connectivity index (χ1n) is 12.8. The van der Waals surface area contributed by atoms with Crippen LogP contribution >= 0.6 is 11.3 Å². The third kappa shape index (κ3) is 11.4. The van der Waals surface area contributed by atoms with E-state index in [0.29, 0.717) is 37.0 Å². The fourth-order valence-corrected chi connectivity index (χ4v) is 5.46. The van der Waals surface area contributed by atoms with Crippen LogP contribution in [0.2, 0.25) is 0 Å². The summed E-state index contributed by atoms with van der Waals surface area (Å²) in [5.41, 5.74) is -0.321. The molecule has 0 radical (unpaired) electrons. The number of alkyl carbamates (subject to hydrolysis) is 1. The van der Waals surface area contributed by atoms with Gasteiger partial charge in [-0.3, -0.25) is 4.79 Å². The number of ketones is 1. The molecule has 0 aromatic carbocycles.